The number of hydrogen-bond acceptors (Lipinski definition) is 7. The number of morpholine rings is 1. The maximum absolute atomic E-state index is 12.6. The SMILES string of the molecule is Cc1n[nH]c(C)c1CCNC(=O)Cn1nnnc1[C@H](c1ccccc1)N1CCOCC1. The molecule has 31 heavy (non-hydrogen) atoms. The van der Waals surface area contributed by atoms with Gasteiger partial charge in [-0.15, -0.1) is 5.10 Å². The van der Waals surface area contributed by atoms with Gasteiger partial charge in [0.2, 0.25) is 5.91 Å². The van der Waals surface area contributed by atoms with Crippen LogP contribution >= 0.6 is 0 Å². The Morgan fingerprint density at radius 1 is 1.23 bits per heavy atom. The number of rotatable bonds is 8. The molecule has 10 heteroatoms. The van der Waals surface area contributed by atoms with Gasteiger partial charge in [0.05, 0.1) is 24.9 Å². The van der Waals surface area contributed by atoms with E-state index in [1.165, 1.54) is 0 Å². The van der Waals surface area contributed by atoms with Crippen LogP contribution in [0.25, 0.3) is 0 Å². The zero-order valence-corrected chi connectivity index (χ0v) is 17.9. The molecule has 0 radical (unpaired) electrons. The summed E-state index contributed by atoms with van der Waals surface area (Å²) in [5.41, 5.74) is 4.23. The summed E-state index contributed by atoms with van der Waals surface area (Å²) in [5, 5.41) is 22.4. The molecule has 10 nitrogen and oxygen atoms in total. The third-order valence-electron chi connectivity index (χ3n) is 5.60. The van der Waals surface area contributed by atoms with Crippen LogP contribution in [0.3, 0.4) is 0 Å². The maximum Gasteiger partial charge on any atom is 0.241 e. The highest BCUT2D eigenvalue weighted by Gasteiger charge is 2.29. The van der Waals surface area contributed by atoms with Crippen molar-refractivity contribution in [2.24, 2.45) is 0 Å². The van der Waals surface area contributed by atoms with E-state index < -0.39 is 0 Å². The van der Waals surface area contributed by atoms with E-state index in [1.54, 1.807) is 4.68 Å². The molecule has 2 N–H and O–H groups in total. The lowest BCUT2D eigenvalue weighted by Crippen LogP contribution is -2.41. The van der Waals surface area contributed by atoms with Gasteiger partial charge in [-0.05, 0) is 41.8 Å². The molecular weight excluding hydrogens is 396 g/mol. The van der Waals surface area contributed by atoms with Crippen LogP contribution in [0.1, 0.15) is 34.4 Å². The summed E-state index contributed by atoms with van der Waals surface area (Å²) in [6.07, 6.45) is 0.725. The molecule has 1 atom stereocenters. The lowest BCUT2D eigenvalue weighted by atomic mass is 10.0. The number of aromatic nitrogens is 6. The van der Waals surface area contributed by atoms with Gasteiger partial charge in [0.25, 0.3) is 0 Å². The van der Waals surface area contributed by atoms with Crippen LogP contribution in [0.4, 0.5) is 0 Å². The zero-order valence-electron chi connectivity index (χ0n) is 17.9. The van der Waals surface area contributed by atoms with Gasteiger partial charge in [-0.2, -0.15) is 5.10 Å². The van der Waals surface area contributed by atoms with Gasteiger partial charge < -0.3 is 10.1 Å². The van der Waals surface area contributed by atoms with E-state index in [2.05, 4.69) is 48.1 Å². The van der Waals surface area contributed by atoms with Crippen molar-refractivity contribution in [2.75, 3.05) is 32.8 Å². The minimum Gasteiger partial charge on any atom is -0.379 e. The molecule has 0 unspecified atom stereocenters. The van der Waals surface area contributed by atoms with Crippen molar-refractivity contribution in [1.29, 1.82) is 0 Å². The van der Waals surface area contributed by atoms with E-state index in [1.807, 2.05) is 32.0 Å². The molecule has 2 aromatic heterocycles. The second-order valence-corrected chi connectivity index (χ2v) is 7.67. The van der Waals surface area contributed by atoms with Crippen LogP contribution < -0.4 is 5.32 Å². The van der Waals surface area contributed by atoms with E-state index in [0.29, 0.717) is 25.6 Å². The highest BCUT2D eigenvalue weighted by Crippen LogP contribution is 2.27. The highest BCUT2D eigenvalue weighted by molar-refractivity contribution is 5.75. The lowest BCUT2D eigenvalue weighted by molar-refractivity contribution is -0.121. The number of nitrogens with zero attached hydrogens (tertiary/aromatic N) is 6. The smallest absolute Gasteiger partial charge is 0.241 e. The predicted octanol–water partition coefficient (Wildman–Crippen LogP) is 0.794. The molecule has 1 fully saturated rings. The van der Waals surface area contributed by atoms with Crippen molar-refractivity contribution < 1.29 is 9.53 Å². The Balaban J connectivity index is 1.45. The lowest BCUT2D eigenvalue weighted by Gasteiger charge is -2.33. The zero-order chi connectivity index (χ0) is 21.6. The van der Waals surface area contributed by atoms with Gasteiger partial charge in [0, 0.05) is 25.3 Å². The summed E-state index contributed by atoms with van der Waals surface area (Å²) in [5.74, 6) is 0.533. The number of tetrazole rings is 1. The average molecular weight is 425 g/mol. The molecule has 4 rings (SSSR count). The number of nitrogens with one attached hydrogen (secondary N) is 2. The van der Waals surface area contributed by atoms with Crippen molar-refractivity contribution in [3.8, 4) is 0 Å². The molecule has 3 aromatic rings. The summed E-state index contributed by atoms with van der Waals surface area (Å²) < 4.78 is 7.11. The third kappa shape index (κ3) is 4.97. The first kappa shape index (κ1) is 21.1. The average Bonchev–Trinajstić information content (AvgIpc) is 3.37. The van der Waals surface area contributed by atoms with E-state index in [9.17, 15) is 4.79 Å². The summed E-state index contributed by atoms with van der Waals surface area (Å²) >= 11 is 0. The molecule has 0 saturated carbocycles. The number of H-pyrrole nitrogens is 1. The summed E-state index contributed by atoms with van der Waals surface area (Å²) in [6.45, 7) is 7.44. The molecule has 1 amide bonds. The number of aromatic amines is 1. The molecule has 164 valence electrons. The van der Waals surface area contributed by atoms with Crippen molar-refractivity contribution in [1.82, 2.24) is 40.6 Å². The minimum atomic E-state index is -0.135. The molecule has 1 aliphatic heterocycles. The number of hydrogen-bond donors (Lipinski definition) is 2. The Labute approximate surface area is 181 Å². The minimum absolute atomic E-state index is 0.0688. The van der Waals surface area contributed by atoms with Crippen LogP contribution in [0.5, 0.6) is 0 Å². The second kappa shape index (κ2) is 9.80. The normalized spacial score (nSPS) is 15.7. The standard InChI is InChI=1S/C21H28N8O2/c1-15-18(16(2)24-23-15)8-9-22-19(30)14-29-21(25-26-27-29)20(17-6-4-3-5-7-17)28-10-12-31-13-11-28/h3-7,20H,8-14H2,1-2H3,(H,22,30)(H,23,24)/t20-/m0/s1. The Kier molecular flexibility index (Phi) is 6.68. The number of ether oxygens (including phenoxy) is 1. The fourth-order valence-corrected chi connectivity index (χ4v) is 3.98. The summed E-state index contributed by atoms with van der Waals surface area (Å²) in [7, 11) is 0. The second-order valence-electron chi connectivity index (χ2n) is 7.67. The maximum atomic E-state index is 12.6. The van der Waals surface area contributed by atoms with Gasteiger partial charge in [-0.1, -0.05) is 30.3 Å². The van der Waals surface area contributed by atoms with Gasteiger partial charge in [0.1, 0.15) is 6.54 Å². The van der Waals surface area contributed by atoms with Gasteiger partial charge in [0.15, 0.2) is 5.82 Å². The Hall–Kier alpha value is -3.11. The van der Waals surface area contributed by atoms with E-state index in [-0.39, 0.29) is 18.5 Å². The summed E-state index contributed by atoms with van der Waals surface area (Å²) in [6, 6.07) is 9.99. The molecule has 1 aliphatic rings. The number of benzene rings is 1. The Bertz CT molecular complexity index is 974. The third-order valence-corrected chi connectivity index (χ3v) is 5.60. The Morgan fingerprint density at radius 3 is 2.71 bits per heavy atom. The molecular formula is C21H28N8O2. The van der Waals surface area contributed by atoms with Crippen molar-refractivity contribution in [2.45, 2.75) is 32.9 Å². The van der Waals surface area contributed by atoms with Crippen LogP contribution in [-0.4, -0.2) is 74.1 Å². The first-order valence-corrected chi connectivity index (χ1v) is 10.5. The predicted molar refractivity (Wildman–Crippen MR) is 113 cm³/mol. The van der Waals surface area contributed by atoms with E-state index in [4.69, 9.17) is 4.74 Å². The van der Waals surface area contributed by atoms with Gasteiger partial charge in [-0.25, -0.2) is 4.68 Å². The fourth-order valence-electron chi connectivity index (χ4n) is 3.98. The quantitative estimate of drug-likeness (QED) is 0.550. The molecule has 1 aromatic carbocycles. The van der Waals surface area contributed by atoms with Crippen molar-refractivity contribution in [3.05, 3.63) is 58.7 Å². The number of carbonyl (C=O) groups is 1. The molecule has 0 aliphatic carbocycles. The van der Waals surface area contributed by atoms with Crippen molar-refractivity contribution >= 4 is 5.91 Å². The van der Waals surface area contributed by atoms with Crippen LogP contribution in [0, 0.1) is 13.8 Å². The molecule has 1 saturated heterocycles. The fraction of sp³-hybridized carbons (Fsp3) is 0.476. The Morgan fingerprint density at radius 2 is 2.00 bits per heavy atom. The number of carbonyl (C=O) groups excluding carboxylic acids is 1. The molecule has 0 spiro atoms. The van der Waals surface area contributed by atoms with Gasteiger partial charge in [-0.3, -0.25) is 14.8 Å². The van der Waals surface area contributed by atoms with Crippen LogP contribution in [0.2, 0.25) is 0 Å². The topological polar surface area (TPSA) is 114 Å². The molecule has 3 heterocycles. The first-order valence-electron chi connectivity index (χ1n) is 10.5. The van der Waals surface area contributed by atoms with Crippen molar-refractivity contribution in [3.63, 3.8) is 0 Å². The van der Waals surface area contributed by atoms with Gasteiger partial charge >= 0.3 is 0 Å². The monoisotopic (exact) mass is 424 g/mol. The van der Waals surface area contributed by atoms with E-state index >= 15 is 0 Å². The van der Waals surface area contributed by atoms with Crippen LogP contribution in [-0.2, 0) is 22.5 Å². The number of amides is 1. The number of aryl methyl sites for hydroxylation is 2. The van der Waals surface area contributed by atoms with Crippen LogP contribution in [0.15, 0.2) is 30.3 Å². The summed E-state index contributed by atoms with van der Waals surface area (Å²) in [4.78, 5) is 14.9. The molecule has 0 bridgehead atoms. The highest BCUT2D eigenvalue weighted by atomic mass is 16.5. The van der Waals surface area contributed by atoms with E-state index in [0.717, 1.165) is 42.0 Å². The largest absolute Gasteiger partial charge is 0.379 e. The first-order chi connectivity index (χ1) is 15.1.